The number of nitrogens with two attached hydrogens (primary N) is 2. The number of esters is 1. The van der Waals surface area contributed by atoms with Crippen LogP contribution in [0.5, 0.6) is 0 Å². The van der Waals surface area contributed by atoms with Crippen LogP contribution in [0.3, 0.4) is 0 Å². The topological polar surface area (TPSA) is 216 Å². The van der Waals surface area contributed by atoms with Gasteiger partial charge >= 0.3 is 11.9 Å². The van der Waals surface area contributed by atoms with Crippen molar-refractivity contribution in [1.29, 1.82) is 0 Å². The first-order valence-electron chi connectivity index (χ1n) is 8.75. The average Bonchev–Trinajstić information content (AvgIpc) is 2.60. The van der Waals surface area contributed by atoms with E-state index in [4.69, 9.17) is 16.6 Å². The van der Waals surface area contributed by atoms with Crippen LogP contribution in [0.25, 0.3) is 0 Å². The van der Waals surface area contributed by atoms with Crippen molar-refractivity contribution < 1.29 is 43.7 Å². The van der Waals surface area contributed by atoms with Crippen molar-refractivity contribution in [3.63, 3.8) is 0 Å². The summed E-state index contributed by atoms with van der Waals surface area (Å²) >= 11 is 0. The number of carbonyl (C=O) groups is 6. The Hall–Kier alpha value is -2.86. The van der Waals surface area contributed by atoms with E-state index >= 15 is 0 Å². The second kappa shape index (κ2) is 12.6. The van der Waals surface area contributed by atoms with Crippen LogP contribution < -0.4 is 16.8 Å². The minimum Gasteiger partial charge on any atom is -0.481 e. The molecule has 0 saturated heterocycles. The zero-order chi connectivity index (χ0) is 22.7. The molecule has 0 radical (unpaired) electrons. The third-order valence-electron chi connectivity index (χ3n) is 3.96. The summed E-state index contributed by atoms with van der Waals surface area (Å²) in [6.07, 6.45) is -2.84. The largest absolute Gasteiger partial charge is 0.481 e. The Balaban J connectivity index is 4.87. The predicted octanol–water partition coefficient (Wildman–Crippen LogP) is -2.52. The van der Waals surface area contributed by atoms with Crippen LogP contribution in [-0.4, -0.2) is 70.8 Å². The minimum absolute atomic E-state index is 0.372. The highest BCUT2D eigenvalue weighted by Gasteiger charge is 2.30. The number of ether oxygens (including phenoxy) is 1. The molecule has 12 nitrogen and oxygen atoms in total. The van der Waals surface area contributed by atoms with E-state index < -0.39 is 85.1 Å². The number of rotatable bonds is 14. The van der Waals surface area contributed by atoms with Crippen molar-refractivity contribution >= 4 is 35.3 Å². The molecule has 0 fully saturated rings. The van der Waals surface area contributed by atoms with Crippen molar-refractivity contribution in [2.75, 3.05) is 13.2 Å². The van der Waals surface area contributed by atoms with Gasteiger partial charge in [0.1, 0.15) is 18.4 Å². The van der Waals surface area contributed by atoms with E-state index in [2.05, 4.69) is 10.1 Å². The zero-order valence-corrected chi connectivity index (χ0v) is 16.3. The number of carbonyl (C=O) groups excluding carboxylic acids is 5. The fourth-order valence-corrected chi connectivity index (χ4v) is 2.32. The number of ketones is 2. The highest BCUT2D eigenvalue weighted by atomic mass is 16.5. The molecule has 4 atom stereocenters. The van der Waals surface area contributed by atoms with Gasteiger partial charge in [-0.15, -0.1) is 0 Å². The van der Waals surface area contributed by atoms with Gasteiger partial charge in [0.15, 0.2) is 5.78 Å². The Bertz CT molecular complexity index is 648. The SMILES string of the molecule is CC(=O)OC[C@H](N)C(=O)CNC(=O)[C@H](CC(N)=O)CC(=O)C[C@H](C(=O)O)C(C)O. The highest BCUT2D eigenvalue weighted by molar-refractivity contribution is 5.94. The quantitative estimate of drug-likeness (QED) is 0.187. The lowest BCUT2D eigenvalue weighted by Crippen LogP contribution is -2.44. The van der Waals surface area contributed by atoms with Gasteiger partial charge in [-0.3, -0.25) is 28.8 Å². The van der Waals surface area contributed by atoms with E-state index in [-0.39, 0.29) is 6.61 Å². The molecule has 0 aliphatic carbocycles. The van der Waals surface area contributed by atoms with E-state index in [1.165, 1.54) is 6.92 Å². The van der Waals surface area contributed by atoms with Gasteiger partial charge in [-0.1, -0.05) is 0 Å². The molecule has 1 unspecified atom stereocenters. The van der Waals surface area contributed by atoms with Gasteiger partial charge in [-0.2, -0.15) is 0 Å². The molecule has 0 heterocycles. The molecule has 0 aliphatic rings. The van der Waals surface area contributed by atoms with E-state index in [0.29, 0.717) is 0 Å². The lowest BCUT2D eigenvalue weighted by Gasteiger charge is -2.18. The van der Waals surface area contributed by atoms with Crippen molar-refractivity contribution in [1.82, 2.24) is 5.32 Å². The number of aliphatic hydroxyl groups is 1. The van der Waals surface area contributed by atoms with Gasteiger partial charge in [-0.05, 0) is 6.92 Å². The molecule has 29 heavy (non-hydrogen) atoms. The van der Waals surface area contributed by atoms with Crippen molar-refractivity contribution in [3.05, 3.63) is 0 Å². The lowest BCUT2D eigenvalue weighted by molar-refractivity contribution is -0.148. The Labute approximate surface area is 166 Å². The second-order valence-corrected chi connectivity index (χ2v) is 6.59. The highest BCUT2D eigenvalue weighted by Crippen LogP contribution is 2.16. The third-order valence-corrected chi connectivity index (χ3v) is 3.96. The summed E-state index contributed by atoms with van der Waals surface area (Å²) in [5, 5.41) is 20.7. The average molecular weight is 417 g/mol. The van der Waals surface area contributed by atoms with Crippen LogP contribution in [0.4, 0.5) is 0 Å². The Morgan fingerprint density at radius 2 is 1.66 bits per heavy atom. The maximum Gasteiger partial charge on any atom is 0.309 e. The number of aliphatic hydroxyl groups excluding tert-OH is 1. The Morgan fingerprint density at radius 3 is 2.10 bits per heavy atom. The van der Waals surface area contributed by atoms with Gasteiger partial charge in [-0.25, -0.2) is 0 Å². The van der Waals surface area contributed by atoms with Crippen LogP contribution in [0.2, 0.25) is 0 Å². The van der Waals surface area contributed by atoms with Gasteiger partial charge in [0.2, 0.25) is 11.8 Å². The van der Waals surface area contributed by atoms with Crippen LogP contribution in [0.1, 0.15) is 33.1 Å². The van der Waals surface area contributed by atoms with E-state index in [1.54, 1.807) is 0 Å². The number of nitrogens with one attached hydrogen (secondary N) is 1. The predicted molar refractivity (Wildman–Crippen MR) is 97.0 cm³/mol. The van der Waals surface area contributed by atoms with Gasteiger partial charge < -0.3 is 31.7 Å². The Morgan fingerprint density at radius 1 is 1.07 bits per heavy atom. The number of primary amides is 1. The molecule has 0 aromatic carbocycles. The number of hydrogen-bond acceptors (Lipinski definition) is 9. The van der Waals surface area contributed by atoms with Crippen molar-refractivity contribution in [2.45, 2.75) is 45.3 Å². The third kappa shape index (κ3) is 10.9. The maximum absolute atomic E-state index is 12.2. The summed E-state index contributed by atoms with van der Waals surface area (Å²) in [6.45, 7) is 1.44. The standard InChI is InChI=1S/C17H27N3O9/c1-8(21)12(17(27)28)5-11(23)3-10(4-15(19)25)16(26)20-6-14(24)13(18)7-29-9(2)22/h8,10,12-13,21H,3-7,18H2,1-2H3,(H2,19,25)(H,20,26)(H,27,28)/t8?,10-,12-,13-/m0/s1. The number of carboxylic acids is 1. The minimum atomic E-state index is -1.38. The van der Waals surface area contributed by atoms with E-state index in [9.17, 15) is 33.9 Å². The Kier molecular flexibility index (Phi) is 11.3. The number of Topliss-reactive ketones (excluding diaryl/α,β-unsaturated/α-hetero) is 2. The first-order valence-corrected chi connectivity index (χ1v) is 8.75. The number of carboxylic acid groups (broad SMARTS) is 1. The van der Waals surface area contributed by atoms with Crippen LogP contribution in [0.15, 0.2) is 0 Å². The second-order valence-electron chi connectivity index (χ2n) is 6.59. The van der Waals surface area contributed by atoms with E-state index in [1.807, 2.05) is 0 Å². The molecule has 0 aromatic rings. The maximum atomic E-state index is 12.2. The van der Waals surface area contributed by atoms with Crippen LogP contribution in [0, 0.1) is 11.8 Å². The van der Waals surface area contributed by atoms with Crippen molar-refractivity contribution in [3.8, 4) is 0 Å². The molecular weight excluding hydrogens is 390 g/mol. The molecular formula is C17H27N3O9. The summed E-state index contributed by atoms with van der Waals surface area (Å²) < 4.78 is 4.59. The van der Waals surface area contributed by atoms with Crippen LogP contribution in [-0.2, 0) is 33.5 Å². The monoisotopic (exact) mass is 417 g/mol. The molecule has 0 spiro atoms. The van der Waals surface area contributed by atoms with E-state index in [0.717, 1.165) is 6.92 Å². The molecule has 0 saturated carbocycles. The molecule has 0 aliphatic heterocycles. The molecule has 0 bridgehead atoms. The molecule has 7 N–H and O–H groups in total. The van der Waals surface area contributed by atoms with Gasteiger partial charge in [0, 0.05) is 26.2 Å². The molecule has 2 amide bonds. The summed E-state index contributed by atoms with van der Waals surface area (Å²) in [5.41, 5.74) is 10.6. The number of aliphatic carboxylic acids is 1. The first kappa shape index (κ1) is 26.1. The summed E-state index contributed by atoms with van der Waals surface area (Å²) in [4.78, 5) is 69.2. The lowest BCUT2D eigenvalue weighted by atomic mass is 9.90. The number of hydrogen-bond donors (Lipinski definition) is 5. The summed E-state index contributed by atoms with van der Waals surface area (Å²) in [5.74, 6) is -7.61. The fourth-order valence-electron chi connectivity index (χ4n) is 2.32. The zero-order valence-electron chi connectivity index (χ0n) is 16.3. The molecule has 0 aromatic heterocycles. The summed E-state index contributed by atoms with van der Waals surface area (Å²) in [7, 11) is 0. The molecule has 12 heteroatoms. The molecule has 164 valence electrons. The van der Waals surface area contributed by atoms with Gasteiger partial charge in [0.05, 0.1) is 24.5 Å². The summed E-state index contributed by atoms with van der Waals surface area (Å²) in [6, 6.07) is -1.17. The van der Waals surface area contributed by atoms with Gasteiger partial charge in [0.25, 0.3) is 0 Å². The van der Waals surface area contributed by atoms with Crippen LogP contribution >= 0.6 is 0 Å². The number of amides is 2. The smallest absolute Gasteiger partial charge is 0.309 e. The normalized spacial score (nSPS) is 14.8. The molecule has 0 rings (SSSR count). The fraction of sp³-hybridized carbons (Fsp3) is 0.647. The first-order chi connectivity index (χ1) is 13.3. The van der Waals surface area contributed by atoms with Crippen molar-refractivity contribution in [2.24, 2.45) is 23.3 Å².